The second-order valence-electron chi connectivity index (χ2n) is 3.28. The highest BCUT2D eigenvalue weighted by Crippen LogP contribution is 2.31. The van der Waals surface area contributed by atoms with Crippen LogP contribution in [0, 0.1) is 5.41 Å². The Balaban J connectivity index is 4.73. The van der Waals surface area contributed by atoms with Gasteiger partial charge in [0.25, 0.3) is 0 Å². The van der Waals surface area contributed by atoms with E-state index in [0.29, 0.717) is 23.5 Å². The van der Waals surface area contributed by atoms with E-state index in [1.807, 2.05) is 0 Å². The number of rotatable bonds is 8. The smallest absolute Gasteiger partial charge is 0.321 e. The number of carbonyl (C=O) groups is 2. The normalized spacial score (nSPS) is 11.3. The topological polar surface area (TPSA) is 74.6 Å². The molecule has 0 spiro atoms. The van der Waals surface area contributed by atoms with E-state index in [-0.39, 0.29) is 12.8 Å². The summed E-state index contributed by atoms with van der Waals surface area (Å²) in [6.45, 7) is 0. The van der Waals surface area contributed by atoms with Crippen LogP contribution in [0.4, 0.5) is 0 Å². The molecule has 0 rings (SSSR count). The van der Waals surface area contributed by atoms with Crippen molar-refractivity contribution < 1.29 is 19.8 Å². The number of hydrogen-bond acceptors (Lipinski definition) is 2. The van der Waals surface area contributed by atoms with Crippen LogP contribution in [0.2, 0.25) is 0 Å². The molecule has 0 aromatic carbocycles. The van der Waals surface area contributed by atoms with Crippen molar-refractivity contribution in [3.05, 3.63) is 0 Å². The van der Waals surface area contributed by atoms with E-state index in [1.54, 1.807) is 0 Å². The average molecular weight is 346 g/mol. The zero-order valence-electron chi connectivity index (χ0n) is 8.21. The van der Waals surface area contributed by atoms with Gasteiger partial charge in [-0.05, 0) is 25.7 Å². The molecule has 0 atom stereocenters. The van der Waals surface area contributed by atoms with Crippen molar-refractivity contribution >= 4 is 43.8 Å². The Morgan fingerprint density at radius 3 is 1.47 bits per heavy atom. The molecule has 88 valence electrons. The SMILES string of the molecule is O=C(O)C(CCCBr)(CCCBr)C(=O)O. The predicted octanol–water partition coefficient (Wildman–Crippen LogP) is 2.49. The summed E-state index contributed by atoms with van der Waals surface area (Å²) < 4.78 is 0. The van der Waals surface area contributed by atoms with Gasteiger partial charge in [-0.2, -0.15) is 0 Å². The van der Waals surface area contributed by atoms with Crippen LogP contribution < -0.4 is 0 Å². The van der Waals surface area contributed by atoms with Crippen LogP contribution >= 0.6 is 31.9 Å². The molecular formula is C9H14Br2O4. The monoisotopic (exact) mass is 344 g/mol. The van der Waals surface area contributed by atoms with Gasteiger partial charge < -0.3 is 10.2 Å². The molecule has 0 amide bonds. The van der Waals surface area contributed by atoms with Gasteiger partial charge >= 0.3 is 11.9 Å². The van der Waals surface area contributed by atoms with Crippen molar-refractivity contribution in [1.29, 1.82) is 0 Å². The van der Waals surface area contributed by atoms with Crippen LogP contribution in [0.15, 0.2) is 0 Å². The maximum Gasteiger partial charge on any atom is 0.321 e. The average Bonchev–Trinajstić information content (AvgIpc) is 2.17. The van der Waals surface area contributed by atoms with E-state index in [4.69, 9.17) is 10.2 Å². The van der Waals surface area contributed by atoms with Crippen LogP contribution in [0.25, 0.3) is 0 Å². The van der Waals surface area contributed by atoms with Crippen molar-refractivity contribution in [3.8, 4) is 0 Å². The fourth-order valence-electron chi connectivity index (χ4n) is 1.38. The third-order valence-corrected chi connectivity index (χ3v) is 3.41. The lowest BCUT2D eigenvalue weighted by molar-refractivity contribution is -0.165. The zero-order valence-corrected chi connectivity index (χ0v) is 11.4. The fraction of sp³-hybridized carbons (Fsp3) is 0.778. The standard InChI is InChI=1S/C9H14Br2O4/c10-5-1-3-9(7(12)13,8(14)15)4-2-6-11/h1-6H2,(H,12,13)(H,14,15). The molecule has 0 saturated carbocycles. The molecule has 6 heteroatoms. The maximum atomic E-state index is 11.1. The summed E-state index contributed by atoms with van der Waals surface area (Å²) in [6, 6.07) is 0. The molecule has 0 aromatic heterocycles. The van der Waals surface area contributed by atoms with Crippen molar-refractivity contribution in [3.63, 3.8) is 0 Å². The summed E-state index contributed by atoms with van der Waals surface area (Å²) >= 11 is 6.35. The lowest BCUT2D eigenvalue weighted by Gasteiger charge is -2.24. The van der Waals surface area contributed by atoms with Gasteiger partial charge in [0.2, 0.25) is 0 Å². The van der Waals surface area contributed by atoms with Crippen molar-refractivity contribution in [2.45, 2.75) is 25.7 Å². The van der Waals surface area contributed by atoms with Gasteiger partial charge in [-0.25, -0.2) is 0 Å². The number of halogens is 2. The highest BCUT2D eigenvalue weighted by atomic mass is 79.9. The minimum absolute atomic E-state index is 0.163. The van der Waals surface area contributed by atoms with E-state index in [1.165, 1.54) is 0 Å². The van der Waals surface area contributed by atoms with Gasteiger partial charge in [0, 0.05) is 10.7 Å². The summed E-state index contributed by atoms with van der Waals surface area (Å²) in [5.74, 6) is -2.48. The quantitative estimate of drug-likeness (QED) is 0.523. The lowest BCUT2D eigenvalue weighted by atomic mass is 9.79. The van der Waals surface area contributed by atoms with Gasteiger partial charge in [-0.3, -0.25) is 9.59 Å². The zero-order chi connectivity index (χ0) is 11.9. The van der Waals surface area contributed by atoms with Gasteiger partial charge in [0.05, 0.1) is 0 Å². The maximum absolute atomic E-state index is 11.1. The number of carboxylic acid groups (broad SMARTS) is 2. The van der Waals surface area contributed by atoms with Gasteiger partial charge in [0.15, 0.2) is 5.41 Å². The first-order valence-electron chi connectivity index (χ1n) is 4.60. The molecule has 2 N–H and O–H groups in total. The molecule has 0 aliphatic heterocycles. The molecule has 0 unspecified atom stereocenters. The number of aliphatic carboxylic acids is 2. The fourth-order valence-corrected chi connectivity index (χ4v) is 1.94. The largest absolute Gasteiger partial charge is 0.480 e. The molecule has 0 bridgehead atoms. The molecule has 0 aromatic rings. The lowest BCUT2D eigenvalue weighted by Crippen LogP contribution is -2.39. The second kappa shape index (κ2) is 7.22. The Bertz CT molecular complexity index is 206. The van der Waals surface area contributed by atoms with Gasteiger partial charge in [-0.15, -0.1) is 0 Å². The minimum atomic E-state index is -1.62. The first-order chi connectivity index (χ1) is 7.01. The van der Waals surface area contributed by atoms with Gasteiger partial charge in [-0.1, -0.05) is 31.9 Å². The highest BCUT2D eigenvalue weighted by molar-refractivity contribution is 9.09. The van der Waals surface area contributed by atoms with Crippen molar-refractivity contribution in [2.75, 3.05) is 10.7 Å². The predicted molar refractivity (Wildman–Crippen MR) is 63.8 cm³/mol. The summed E-state index contributed by atoms with van der Waals surface area (Å²) in [5.41, 5.74) is -1.62. The summed E-state index contributed by atoms with van der Waals surface area (Å²) in [4.78, 5) is 22.1. The molecule has 15 heavy (non-hydrogen) atoms. The molecule has 4 nitrogen and oxygen atoms in total. The van der Waals surface area contributed by atoms with E-state index in [2.05, 4.69) is 31.9 Å². The first kappa shape index (κ1) is 14.9. The molecule has 0 radical (unpaired) electrons. The molecule has 0 saturated heterocycles. The summed E-state index contributed by atoms with van der Waals surface area (Å²) in [6.07, 6.45) is 1.41. The van der Waals surface area contributed by atoms with E-state index >= 15 is 0 Å². The van der Waals surface area contributed by atoms with Crippen LogP contribution in [-0.4, -0.2) is 32.8 Å². The van der Waals surface area contributed by atoms with Gasteiger partial charge in [0.1, 0.15) is 0 Å². The number of hydrogen-bond donors (Lipinski definition) is 2. The Hall–Kier alpha value is -0.100. The summed E-state index contributed by atoms with van der Waals surface area (Å²) in [7, 11) is 0. The second-order valence-corrected chi connectivity index (χ2v) is 4.86. The third-order valence-electron chi connectivity index (χ3n) is 2.29. The van der Waals surface area contributed by atoms with Crippen LogP contribution in [0.3, 0.4) is 0 Å². The highest BCUT2D eigenvalue weighted by Gasteiger charge is 2.45. The van der Waals surface area contributed by atoms with Crippen LogP contribution in [0.5, 0.6) is 0 Å². The minimum Gasteiger partial charge on any atom is -0.480 e. The first-order valence-corrected chi connectivity index (χ1v) is 6.84. The molecule has 0 heterocycles. The Morgan fingerprint density at radius 1 is 0.933 bits per heavy atom. The summed E-state index contributed by atoms with van der Waals surface area (Å²) in [5, 5.41) is 19.3. The molecule has 0 aliphatic rings. The van der Waals surface area contributed by atoms with E-state index in [0.717, 1.165) is 0 Å². The number of carboxylic acids is 2. The van der Waals surface area contributed by atoms with E-state index < -0.39 is 17.4 Å². The molecular weight excluding hydrogens is 332 g/mol. The molecule has 0 aliphatic carbocycles. The Morgan fingerprint density at radius 2 is 1.27 bits per heavy atom. The van der Waals surface area contributed by atoms with Crippen LogP contribution in [-0.2, 0) is 9.59 Å². The number of alkyl halides is 2. The van der Waals surface area contributed by atoms with E-state index in [9.17, 15) is 9.59 Å². The Kier molecular flexibility index (Phi) is 7.17. The van der Waals surface area contributed by atoms with Crippen LogP contribution in [0.1, 0.15) is 25.7 Å². The third kappa shape index (κ3) is 4.10. The Labute approximate surface area is 105 Å². The van der Waals surface area contributed by atoms with Crippen molar-refractivity contribution in [2.24, 2.45) is 5.41 Å². The molecule has 0 fully saturated rings. The van der Waals surface area contributed by atoms with Crippen molar-refractivity contribution in [1.82, 2.24) is 0 Å².